The summed E-state index contributed by atoms with van der Waals surface area (Å²) in [6.07, 6.45) is 3.18. The van der Waals surface area contributed by atoms with Gasteiger partial charge in [-0.1, -0.05) is 13.0 Å². The predicted molar refractivity (Wildman–Crippen MR) is 76.1 cm³/mol. The maximum absolute atomic E-state index is 13.4. The number of anilines is 1. The van der Waals surface area contributed by atoms with Crippen molar-refractivity contribution in [3.05, 3.63) is 48.1 Å². The van der Waals surface area contributed by atoms with E-state index in [1.54, 1.807) is 10.6 Å². The summed E-state index contributed by atoms with van der Waals surface area (Å²) in [6.45, 7) is 6.08. The lowest BCUT2D eigenvalue weighted by atomic mass is 10.1. The second-order valence-corrected chi connectivity index (χ2v) is 4.67. The third kappa shape index (κ3) is 2.79. The molecule has 2 N–H and O–H groups in total. The first-order valence-corrected chi connectivity index (χ1v) is 6.60. The van der Waals surface area contributed by atoms with Crippen molar-refractivity contribution in [1.82, 2.24) is 9.55 Å². The van der Waals surface area contributed by atoms with Gasteiger partial charge >= 0.3 is 0 Å². The monoisotopic (exact) mass is 295 g/mol. The van der Waals surface area contributed by atoms with Crippen LogP contribution in [-0.2, 0) is 13.0 Å². The molecule has 0 aliphatic carbocycles. The molecule has 0 fully saturated rings. The Labute approximate surface area is 120 Å². The quantitative estimate of drug-likeness (QED) is 0.675. The molecule has 2 rings (SSSR count). The first-order chi connectivity index (χ1) is 9.99. The Kier molecular flexibility index (Phi) is 4.35. The third-order valence-corrected chi connectivity index (χ3v) is 3.13. The first kappa shape index (κ1) is 15.2. The van der Waals surface area contributed by atoms with Crippen LogP contribution < -0.4 is 5.73 Å². The van der Waals surface area contributed by atoms with Crippen molar-refractivity contribution in [1.29, 1.82) is 0 Å². The minimum absolute atomic E-state index is 0.115. The minimum Gasteiger partial charge on any atom is -0.383 e. The molecule has 0 saturated heterocycles. The van der Waals surface area contributed by atoms with Gasteiger partial charge in [-0.05, 0) is 18.6 Å². The Morgan fingerprint density at radius 2 is 1.90 bits per heavy atom. The number of aryl methyl sites for hydroxylation is 1. The summed E-state index contributed by atoms with van der Waals surface area (Å²) >= 11 is 0. The second kappa shape index (κ2) is 6.03. The van der Waals surface area contributed by atoms with E-state index in [1.807, 2.05) is 6.92 Å². The molecule has 0 aliphatic heterocycles. The lowest BCUT2D eigenvalue weighted by Crippen LogP contribution is -2.05. The number of halogens is 3. The number of nitrogen functional groups attached to an aromatic ring is 1. The maximum Gasteiger partial charge on any atom is 0.194 e. The van der Waals surface area contributed by atoms with E-state index in [9.17, 15) is 13.2 Å². The fourth-order valence-electron chi connectivity index (χ4n) is 2.17. The number of aromatic nitrogens is 2. The van der Waals surface area contributed by atoms with Crippen molar-refractivity contribution < 1.29 is 13.2 Å². The van der Waals surface area contributed by atoms with Gasteiger partial charge in [-0.3, -0.25) is 0 Å². The summed E-state index contributed by atoms with van der Waals surface area (Å²) in [6, 6.07) is 1.79. The van der Waals surface area contributed by atoms with Gasteiger partial charge in [0, 0.05) is 18.5 Å². The van der Waals surface area contributed by atoms with Gasteiger partial charge in [-0.15, -0.1) is 6.58 Å². The van der Waals surface area contributed by atoms with Crippen molar-refractivity contribution >= 4 is 5.82 Å². The lowest BCUT2D eigenvalue weighted by molar-refractivity contribution is 0.447. The number of hydrogen-bond donors (Lipinski definition) is 1. The highest BCUT2D eigenvalue weighted by molar-refractivity contribution is 5.71. The van der Waals surface area contributed by atoms with E-state index in [0.717, 1.165) is 18.6 Å². The predicted octanol–water partition coefficient (Wildman–Crippen LogP) is 3.69. The zero-order valence-electron chi connectivity index (χ0n) is 11.7. The molecule has 0 aliphatic rings. The number of benzene rings is 1. The molecular weight excluding hydrogens is 279 g/mol. The SMILES string of the molecule is C=CCn1c(CCC)nc(-c2cc(F)c(F)c(F)c2)c1N. The number of hydrogen-bond acceptors (Lipinski definition) is 2. The normalized spacial score (nSPS) is 10.9. The fraction of sp³-hybridized carbons (Fsp3) is 0.267. The molecule has 112 valence electrons. The van der Waals surface area contributed by atoms with Crippen molar-refractivity contribution in [3.63, 3.8) is 0 Å². The zero-order chi connectivity index (χ0) is 15.6. The van der Waals surface area contributed by atoms with E-state index >= 15 is 0 Å². The average Bonchev–Trinajstić information content (AvgIpc) is 2.74. The number of nitrogens with two attached hydrogens (primary N) is 1. The third-order valence-electron chi connectivity index (χ3n) is 3.13. The molecule has 3 nitrogen and oxygen atoms in total. The van der Waals surface area contributed by atoms with Gasteiger partial charge in [0.25, 0.3) is 0 Å². The molecule has 0 atom stereocenters. The maximum atomic E-state index is 13.4. The second-order valence-electron chi connectivity index (χ2n) is 4.67. The van der Waals surface area contributed by atoms with Crippen LogP contribution in [0.3, 0.4) is 0 Å². The number of nitrogens with zero attached hydrogens (tertiary/aromatic N) is 2. The van der Waals surface area contributed by atoms with Crippen LogP contribution in [0.5, 0.6) is 0 Å². The summed E-state index contributed by atoms with van der Waals surface area (Å²) in [4.78, 5) is 4.33. The molecule has 1 aromatic carbocycles. The number of imidazole rings is 1. The van der Waals surface area contributed by atoms with Crippen LogP contribution in [0.1, 0.15) is 19.2 Å². The summed E-state index contributed by atoms with van der Waals surface area (Å²) in [7, 11) is 0. The molecule has 1 heterocycles. The standard InChI is InChI=1S/C15H16F3N3/c1-3-5-12-20-14(15(19)21(12)6-4-2)9-7-10(16)13(18)11(17)8-9/h4,7-8H,2-3,5-6,19H2,1H3. The molecular formula is C15H16F3N3. The summed E-state index contributed by atoms with van der Waals surface area (Å²) in [5.41, 5.74) is 6.37. The molecule has 0 amide bonds. The van der Waals surface area contributed by atoms with E-state index in [0.29, 0.717) is 18.8 Å². The highest BCUT2D eigenvalue weighted by atomic mass is 19.2. The molecule has 0 spiro atoms. The summed E-state index contributed by atoms with van der Waals surface area (Å²) in [5.74, 6) is -3.05. The van der Waals surface area contributed by atoms with Gasteiger partial charge in [-0.25, -0.2) is 18.2 Å². The Bertz CT molecular complexity index is 654. The first-order valence-electron chi connectivity index (χ1n) is 6.60. The van der Waals surface area contributed by atoms with Gasteiger partial charge in [0.05, 0.1) is 0 Å². The van der Waals surface area contributed by atoms with Crippen molar-refractivity contribution in [3.8, 4) is 11.3 Å². The van der Waals surface area contributed by atoms with Crippen LogP contribution in [0.2, 0.25) is 0 Å². The molecule has 21 heavy (non-hydrogen) atoms. The summed E-state index contributed by atoms with van der Waals surface area (Å²) < 4.78 is 41.5. The Balaban J connectivity index is 2.58. The molecule has 6 heteroatoms. The number of allylic oxidation sites excluding steroid dienone is 1. The van der Waals surface area contributed by atoms with E-state index < -0.39 is 17.5 Å². The van der Waals surface area contributed by atoms with E-state index in [1.165, 1.54) is 0 Å². The zero-order valence-corrected chi connectivity index (χ0v) is 11.7. The molecule has 1 aromatic heterocycles. The fourth-order valence-corrected chi connectivity index (χ4v) is 2.17. The van der Waals surface area contributed by atoms with E-state index in [4.69, 9.17) is 5.73 Å². The smallest absolute Gasteiger partial charge is 0.194 e. The highest BCUT2D eigenvalue weighted by Gasteiger charge is 2.18. The van der Waals surface area contributed by atoms with E-state index in [-0.39, 0.29) is 17.1 Å². The molecule has 0 bridgehead atoms. The molecule has 0 unspecified atom stereocenters. The molecule has 2 aromatic rings. The van der Waals surface area contributed by atoms with Crippen LogP contribution >= 0.6 is 0 Å². The average molecular weight is 295 g/mol. The van der Waals surface area contributed by atoms with Crippen LogP contribution in [-0.4, -0.2) is 9.55 Å². The van der Waals surface area contributed by atoms with Crippen molar-refractivity contribution in [2.24, 2.45) is 0 Å². The minimum atomic E-state index is -1.50. The highest BCUT2D eigenvalue weighted by Crippen LogP contribution is 2.29. The molecule has 0 saturated carbocycles. The largest absolute Gasteiger partial charge is 0.383 e. The topological polar surface area (TPSA) is 43.8 Å². The van der Waals surface area contributed by atoms with Gasteiger partial charge < -0.3 is 10.3 Å². The van der Waals surface area contributed by atoms with Gasteiger partial charge in [0.1, 0.15) is 17.3 Å². The van der Waals surface area contributed by atoms with Gasteiger partial charge in [0.15, 0.2) is 17.5 Å². The van der Waals surface area contributed by atoms with Crippen LogP contribution in [0.15, 0.2) is 24.8 Å². The van der Waals surface area contributed by atoms with Crippen molar-refractivity contribution in [2.45, 2.75) is 26.3 Å². The lowest BCUT2D eigenvalue weighted by Gasteiger charge is -2.06. The Morgan fingerprint density at radius 3 is 2.43 bits per heavy atom. The van der Waals surface area contributed by atoms with Crippen LogP contribution in [0, 0.1) is 17.5 Å². The van der Waals surface area contributed by atoms with Gasteiger partial charge in [-0.2, -0.15) is 0 Å². The van der Waals surface area contributed by atoms with Crippen LogP contribution in [0.4, 0.5) is 19.0 Å². The Morgan fingerprint density at radius 1 is 1.29 bits per heavy atom. The number of rotatable bonds is 5. The van der Waals surface area contributed by atoms with Gasteiger partial charge in [0.2, 0.25) is 0 Å². The van der Waals surface area contributed by atoms with E-state index in [2.05, 4.69) is 11.6 Å². The Hall–Kier alpha value is -2.24. The summed E-state index contributed by atoms with van der Waals surface area (Å²) in [5, 5.41) is 0. The van der Waals surface area contributed by atoms with Crippen molar-refractivity contribution in [2.75, 3.05) is 5.73 Å². The molecule has 0 radical (unpaired) electrons. The van der Waals surface area contributed by atoms with Crippen LogP contribution in [0.25, 0.3) is 11.3 Å².